The molecule has 0 amide bonds. The van der Waals surface area contributed by atoms with E-state index in [0.717, 1.165) is 36.8 Å². The number of ether oxygens (including phenoxy) is 1. The van der Waals surface area contributed by atoms with E-state index in [1.54, 1.807) is 0 Å². The van der Waals surface area contributed by atoms with E-state index >= 15 is 0 Å². The van der Waals surface area contributed by atoms with Crippen molar-refractivity contribution in [3.8, 4) is 5.75 Å². The number of furan rings is 1. The molecule has 2 aromatic rings. The van der Waals surface area contributed by atoms with Gasteiger partial charge in [-0.1, -0.05) is 19.1 Å². The standard InChI is InChI=1S/C18H25NO2/c1-5-10-20-17-8-6-16(7-9-17)12-19-14(3)18-11-13(2)21-15(18)4/h6-9,11,14,19H,5,10,12H2,1-4H3. The minimum atomic E-state index is 0.276. The molecule has 114 valence electrons. The summed E-state index contributed by atoms with van der Waals surface area (Å²) >= 11 is 0. The van der Waals surface area contributed by atoms with E-state index in [-0.39, 0.29) is 6.04 Å². The zero-order valence-corrected chi connectivity index (χ0v) is 13.4. The second-order valence-corrected chi connectivity index (χ2v) is 5.46. The summed E-state index contributed by atoms with van der Waals surface area (Å²) in [4.78, 5) is 0. The zero-order valence-electron chi connectivity index (χ0n) is 13.4. The Morgan fingerprint density at radius 1 is 1.19 bits per heavy atom. The van der Waals surface area contributed by atoms with E-state index in [4.69, 9.17) is 9.15 Å². The maximum Gasteiger partial charge on any atom is 0.119 e. The Labute approximate surface area is 127 Å². The fraction of sp³-hybridized carbons (Fsp3) is 0.444. The molecule has 0 saturated heterocycles. The largest absolute Gasteiger partial charge is 0.494 e. The molecule has 0 aliphatic heterocycles. The number of rotatable bonds is 7. The van der Waals surface area contributed by atoms with Gasteiger partial charge in [0.1, 0.15) is 17.3 Å². The van der Waals surface area contributed by atoms with Crippen LogP contribution in [-0.2, 0) is 6.54 Å². The van der Waals surface area contributed by atoms with Crippen LogP contribution >= 0.6 is 0 Å². The van der Waals surface area contributed by atoms with Crippen LogP contribution in [0.1, 0.15) is 49.0 Å². The van der Waals surface area contributed by atoms with Gasteiger partial charge in [0.25, 0.3) is 0 Å². The van der Waals surface area contributed by atoms with Gasteiger partial charge in [-0.05, 0) is 51.0 Å². The molecule has 1 atom stereocenters. The van der Waals surface area contributed by atoms with E-state index in [2.05, 4.69) is 37.4 Å². The molecule has 0 aliphatic carbocycles. The first kappa shape index (κ1) is 15.6. The maximum atomic E-state index is 5.59. The minimum absolute atomic E-state index is 0.276. The lowest BCUT2D eigenvalue weighted by molar-refractivity contribution is 0.317. The Morgan fingerprint density at radius 2 is 1.90 bits per heavy atom. The van der Waals surface area contributed by atoms with Crippen molar-refractivity contribution >= 4 is 0 Å². The van der Waals surface area contributed by atoms with Crippen molar-refractivity contribution in [1.29, 1.82) is 0 Å². The van der Waals surface area contributed by atoms with Gasteiger partial charge in [-0.3, -0.25) is 0 Å². The molecular formula is C18H25NO2. The fourth-order valence-electron chi connectivity index (χ4n) is 2.38. The van der Waals surface area contributed by atoms with E-state index in [9.17, 15) is 0 Å². The Bertz CT molecular complexity index is 557. The van der Waals surface area contributed by atoms with Crippen LogP contribution in [0.3, 0.4) is 0 Å². The highest BCUT2D eigenvalue weighted by Crippen LogP contribution is 2.21. The molecule has 0 bridgehead atoms. The molecule has 1 aromatic carbocycles. The van der Waals surface area contributed by atoms with Gasteiger partial charge in [0, 0.05) is 18.2 Å². The van der Waals surface area contributed by atoms with E-state index in [1.165, 1.54) is 11.1 Å². The maximum absolute atomic E-state index is 5.59. The lowest BCUT2D eigenvalue weighted by Gasteiger charge is -2.13. The van der Waals surface area contributed by atoms with Crippen LogP contribution in [-0.4, -0.2) is 6.61 Å². The average molecular weight is 287 g/mol. The van der Waals surface area contributed by atoms with Crippen LogP contribution in [0.2, 0.25) is 0 Å². The molecule has 0 radical (unpaired) electrons. The molecule has 21 heavy (non-hydrogen) atoms. The van der Waals surface area contributed by atoms with Gasteiger partial charge >= 0.3 is 0 Å². The fourth-order valence-corrected chi connectivity index (χ4v) is 2.38. The topological polar surface area (TPSA) is 34.4 Å². The van der Waals surface area contributed by atoms with Crippen molar-refractivity contribution in [2.45, 2.75) is 46.7 Å². The van der Waals surface area contributed by atoms with Gasteiger partial charge in [-0.2, -0.15) is 0 Å². The third-order valence-corrected chi connectivity index (χ3v) is 3.55. The van der Waals surface area contributed by atoms with Crippen molar-refractivity contribution in [2.75, 3.05) is 6.61 Å². The molecule has 1 unspecified atom stereocenters. The Morgan fingerprint density at radius 3 is 2.48 bits per heavy atom. The third kappa shape index (κ3) is 4.36. The monoisotopic (exact) mass is 287 g/mol. The second kappa shape index (κ2) is 7.32. The number of hydrogen-bond donors (Lipinski definition) is 1. The van der Waals surface area contributed by atoms with Gasteiger partial charge in [0.15, 0.2) is 0 Å². The van der Waals surface area contributed by atoms with Crippen LogP contribution in [0.5, 0.6) is 5.75 Å². The summed E-state index contributed by atoms with van der Waals surface area (Å²) in [7, 11) is 0. The van der Waals surface area contributed by atoms with Crippen LogP contribution in [0, 0.1) is 13.8 Å². The molecule has 3 heteroatoms. The highest BCUT2D eigenvalue weighted by molar-refractivity contribution is 5.28. The Kier molecular flexibility index (Phi) is 5.45. The van der Waals surface area contributed by atoms with Crippen LogP contribution < -0.4 is 10.1 Å². The first-order valence-electron chi connectivity index (χ1n) is 7.62. The first-order valence-corrected chi connectivity index (χ1v) is 7.62. The molecule has 1 heterocycles. The summed E-state index contributed by atoms with van der Waals surface area (Å²) in [6.07, 6.45) is 1.03. The summed E-state index contributed by atoms with van der Waals surface area (Å²) in [5, 5.41) is 3.53. The Hall–Kier alpha value is -1.74. The van der Waals surface area contributed by atoms with Gasteiger partial charge in [0.2, 0.25) is 0 Å². The molecule has 2 rings (SSSR count). The summed E-state index contributed by atoms with van der Waals surface area (Å²) in [5.74, 6) is 2.90. The van der Waals surface area contributed by atoms with Crippen LogP contribution in [0.4, 0.5) is 0 Å². The molecule has 0 fully saturated rings. The lowest BCUT2D eigenvalue weighted by atomic mass is 10.1. The quantitative estimate of drug-likeness (QED) is 0.812. The molecule has 0 aliphatic rings. The molecule has 1 N–H and O–H groups in total. The molecule has 3 nitrogen and oxygen atoms in total. The Balaban J connectivity index is 1.89. The zero-order chi connectivity index (χ0) is 15.2. The SMILES string of the molecule is CCCOc1ccc(CNC(C)c2cc(C)oc2C)cc1. The number of benzene rings is 1. The van der Waals surface area contributed by atoms with Gasteiger partial charge in [-0.15, -0.1) is 0 Å². The average Bonchev–Trinajstić information content (AvgIpc) is 2.82. The number of hydrogen-bond acceptors (Lipinski definition) is 3. The van der Waals surface area contributed by atoms with E-state index in [1.807, 2.05) is 26.0 Å². The van der Waals surface area contributed by atoms with Gasteiger partial charge < -0.3 is 14.5 Å². The molecule has 0 spiro atoms. The molecule has 0 saturated carbocycles. The van der Waals surface area contributed by atoms with Crippen LogP contribution in [0.15, 0.2) is 34.7 Å². The minimum Gasteiger partial charge on any atom is -0.494 e. The first-order chi connectivity index (χ1) is 10.1. The smallest absolute Gasteiger partial charge is 0.119 e. The predicted octanol–water partition coefficient (Wildman–Crippen LogP) is 4.54. The summed E-state index contributed by atoms with van der Waals surface area (Å²) < 4.78 is 11.2. The highest BCUT2D eigenvalue weighted by atomic mass is 16.5. The number of aryl methyl sites for hydroxylation is 2. The highest BCUT2D eigenvalue weighted by Gasteiger charge is 2.11. The van der Waals surface area contributed by atoms with Gasteiger partial charge in [-0.25, -0.2) is 0 Å². The van der Waals surface area contributed by atoms with Crippen molar-refractivity contribution in [2.24, 2.45) is 0 Å². The predicted molar refractivity (Wildman–Crippen MR) is 85.7 cm³/mol. The summed E-state index contributed by atoms with van der Waals surface area (Å²) in [6, 6.07) is 10.7. The number of nitrogens with one attached hydrogen (secondary N) is 1. The van der Waals surface area contributed by atoms with Crippen molar-refractivity contribution < 1.29 is 9.15 Å². The van der Waals surface area contributed by atoms with E-state index in [0.29, 0.717) is 0 Å². The molecular weight excluding hydrogens is 262 g/mol. The normalized spacial score (nSPS) is 12.4. The second-order valence-electron chi connectivity index (χ2n) is 5.46. The lowest BCUT2D eigenvalue weighted by Crippen LogP contribution is -2.18. The van der Waals surface area contributed by atoms with Crippen LogP contribution in [0.25, 0.3) is 0 Å². The summed E-state index contributed by atoms with van der Waals surface area (Å²) in [6.45, 7) is 9.88. The van der Waals surface area contributed by atoms with E-state index < -0.39 is 0 Å². The third-order valence-electron chi connectivity index (χ3n) is 3.55. The van der Waals surface area contributed by atoms with Crippen molar-refractivity contribution in [3.63, 3.8) is 0 Å². The van der Waals surface area contributed by atoms with Crippen molar-refractivity contribution in [3.05, 3.63) is 53.0 Å². The van der Waals surface area contributed by atoms with Crippen molar-refractivity contribution in [1.82, 2.24) is 5.32 Å². The summed E-state index contributed by atoms with van der Waals surface area (Å²) in [5.41, 5.74) is 2.49. The molecule has 1 aromatic heterocycles. The van der Waals surface area contributed by atoms with Gasteiger partial charge in [0.05, 0.1) is 6.61 Å².